The van der Waals surface area contributed by atoms with Crippen LogP contribution in [-0.2, 0) is 11.3 Å². The number of carbonyl (C=O) groups excluding carboxylic acids is 1. The maximum absolute atomic E-state index is 11.9. The van der Waals surface area contributed by atoms with Crippen molar-refractivity contribution in [3.8, 4) is 0 Å². The molecule has 19 heavy (non-hydrogen) atoms. The molecule has 1 aliphatic heterocycles. The molecule has 2 rings (SSSR count). The molecule has 0 spiro atoms. The van der Waals surface area contributed by atoms with E-state index in [1.807, 2.05) is 0 Å². The molecule has 0 saturated carbocycles. The van der Waals surface area contributed by atoms with Gasteiger partial charge in [0.25, 0.3) is 0 Å². The number of aliphatic carboxylic acids is 1. The normalized spacial score (nSPS) is 22.5. The molecule has 8 heteroatoms. The average Bonchev–Trinajstić information content (AvgIpc) is 2.84. The highest BCUT2D eigenvalue weighted by Crippen LogP contribution is 2.20. The molecule has 104 valence electrons. The van der Waals surface area contributed by atoms with Gasteiger partial charge in [-0.2, -0.15) is 5.10 Å². The highest BCUT2D eigenvalue weighted by atomic mass is 16.4. The molecule has 1 unspecified atom stereocenters. The third-order valence-corrected chi connectivity index (χ3v) is 2.92. The van der Waals surface area contributed by atoms with Crippen molar-refractivity contribution >= 4 is 17.7 Å². The molecule has 0 aliphatic carbocycles. The highest BCUT2D eigenvalue weighted by Gasteiger charge is 2.34. The van der Waals surface area contributed by atoms with Gasteiger partial charge in [0.05, 0.1) is 24.0 Å². The summed E-state index contributed by atoms with van der Waals surface area (Å²) in [6.45, 7) is 2.20. The number of carbonyl (C=O) groups is 2. The summed E-state index contributed by atoms with van der Waals surface area (Å²) in [5.41, 5.74) is -0.414. The molecule has 0 bridgehead atoms. The van der Waals surface area contributed by atoms with Gasteiger partial charge < -0.3 is 20.4 Å². The van der Waals surface area contributed by atoms with Crippen LogP contribution in [0, 0.1) is 0 Å². The number of likely N-dealkylation sites (tertiary alicyclic amines) is 1. The first kappa shape index (κ1) is 13.3. The van der Waals surface area contributed by atoms with Crippen molar-refractivity contribution in [1.29, 1.82) is 0 Å². The Morgan fingerprint density at radius 3 is 2.89 bits per heavy atom. The minimum absolute atomic E-state index is 0.256. The number of aromatic nitrogens is 2. The van der Waals surface area contributed by atoms with Crippen molar-refractivity contribution in [2.24, 2.45) is 0 Å². The standard InChI is InChI=1S/C11H16N4O4/c1-11(19)2-3-14(7-11)10(18)13-8-4-12-15(5-8)6-9(16)17/h4-5,19H,2-3,6-7H2,1H3,(H,13,18)(H,16,17). The summed E-state index contributed by atoms with van der Waals surface area (Å²) in [6.07, 6.45) is 3.37. The van der Waals surface area contributed by atoms with E-state index < -0.39 is 11.6 Å². The predicted octanol–water partition coefficient (Wildman–Crippen LogP) is -0.0437. The van der Waals surface area contributed by atoms with Crippen LogP contribution in [0.5, 0.6) is 0 Å². The van der Waals surface area contributed by atoms with Gasteiger partial charge in [-0.15, -0.1) is 0 Å². The molecule has 1 fully saturated rings. The van der Waals surface area contributed by atoms with Gasteiger partial charge in [0.15, 0.2) is 0 Å². The Morgan fingerprint density at radius 2 is 2.32 bits per heavy atom. The number of aliphatic hydroxyl groups is 1. The quantitative estimate of drug-likeness (QED) is 0.712. The van der Waals surface area contributed by atoms with Crippen molar-refractivity contribution in [2.75, 3.05) is 18.4 Å². The molecule has 3 N–H and O–H groups in total. The van der Waals surface area contributed by atoms with E-state index in [1.165, 1.54) is 22.0 Å². The van der Waals surface area contributed by atoms with Gasteiger partial charge in [-0.05, 0) is 13.3 Å². The zero-order valence-corrected chi connectivity index (χ0v) is 10.5. The lowest BCUT2D eigenvalue weighted by molar-refractivity contribution is -0.137. The van der Waals surface area contributed by atoms with Crippen molar-refractivity contribution in [1.82, 2.24) is 14.7 Å². The molecule has 1 saturated heterocycles. The van der Waals surface area contributed by atoms with Gasteiger partial charge in [0.2, 0.25) is 0 Å². The number of nitrogens with zero attached hydrogens (tertiary/aromatic N) is 3. The molecular formula is C11H16N4O4. The second kappa shape index (κ2) is 4.88. The molecule has 1 aromatic rings. The lowest BCUT2D eigenvalue weighted by Crippen LogP contribution is -2.36. The summed E-state index contributed by atoms with van der Waals surface area (Å²) in [6, 6.07) is -0.326. The fourth-order valence-corrected chi connectivity index (χ4v) is 1.97. The number of hydrogen-bond donors (Lipinski definition) is 3. The van der Waals surface area contributed by atoms with Crippen LogP contribution in [0.2, 0.25) is 0 Å². The summed E-state index contributed by atoms with van der Waals surface area (Å²) in [5, 5.41) is 24.8. The van der Waals surface area contributed by atoms with E-state index in [0.717, 1.165) is 0 Å². The number of hydrogen-bond acceptors (Lipinski definition) is 4. The smallest absolute Gasteiger partial charge is 0.325 e. The Kier molecular flexibility index (Phi) is 3.43. The number of amides is 2. The van der Waals surface area contributed by atoms with Gasteiger partial charge in [-0.25, -0.2) is 4.79 Å². The van der Waals surface area contributed by atoms with Crippen LogP contribution in [0.25, 0.3) is 0 Å². The van der Waals surface area contributed by atoms with Crippen LogP contribution in [-0.4, -0.2) is 55.6 Å². The lowest BCUT2D eigenvalue weighted by Gasteiger charge is -2.18. The Balaban J connectivity index is 1.92. The highest BCUT2D eigenvalue weighted by molar-refractivity contribution is 5.89. The fraction of sp³-hybridized carbons (Fsp3) is 0.545. The van der Waals surface area contributed by atoms with E-state index in [1.54, 1.807) is 6.92 Å². The molecule has 2 amide bonds. The Morgan fingerprint density at radius 1 is 1.58 bits per heavy atom. The number of β-amino-alcohol motifs (C(OH)–C–C–N with tert-alkyl or cyclic N) is 1. The third kappa shape index (κ3) is 3.44. The summed E-state index contributed by atoms with van der Waals surface area (Å²) >= 11 is 0. The molecule has 0 radical (unpaired) electrons. The van der Waals surface area contributed by atoms with E-state index in [9.17, 15) is 14.7 Å². The SMILES string of the molecule is CC1(O)CCN(C(=O)Nc2cnn(CC(=O)O)c2)C1. The summed E-state index contributed by atoms with van der Waals surface area (Å²) < 4.78 is 1.22. The fourth-order valence-electron chi connectivity index (χ4n) is 1.97. The van der Waals surface area contributed by atoms with Gasteiger partial charge in [0.1, 0.15) is 6.54 Å². The van der Waals surface area contributed by atoms with Crippen LogP contribution in [0.4, 0.5) is 10.5 Å². The zero-order valence-electron chi connectivity index (χ0n) is 10.5. The maximum Gasteiger partial charge on any atom is 0.325 e. The Bertz CT molecular complexity index is 497. The monoisotopic (exact) mass is 268 g/mol. The van der Waals surface area contributed by atoms with Crippen LogP contribution in [0.1, 0.15) is 13.3 Å². The number of anilines is 1. The van der Waals surface area contributed by atoms with Crippen molar-refractivity contribution in [3.05, 3.63) is 12.4 Å². The molecule has 1 atom stereocenters. The Hall–Kier alpha value is -2.09. The van der Waals surface area contributed by atoms with Gasteiger partial charge in [0, 0.05) is 12.7 Å². The maximum atomic E-state index is 11.9. The van der Waals surface area contributed by atoms with Gasteiger partial charge >= 0.3 is 12.0 Å². The Labute approximate surface area is 109 Å². The first-order valence-electron chi connectivity index (χ1n) is 5.88. The zero-order chi connectivity index (χ0) is 14.0. The first-order chi connectivity index (χ1) is 8.85. The van der Waals surface area contributed by atoms with E-state index in [0.29, 0.717) is 18.7 Å². The first-order valence-corrected chi connectivity index (χ1v) is 5.88. The second-order valence-electron chi connectivity index (χ2n) is 4.92. The summed E-state index contributed by atoms with van der Waals surface area (Å²) in [5.74, 6) is -1.00. The van der Waals surface area contributed by atoms with Crippen LogP contribution >= 0.6 is 0 Å². The molecule has 1 aromatic heterocycles. The van der Waals surface area contributed by atoms with Crippen LogP contribution in [0.15, 0.2) is 12.4 Å². The van der Waals surface area contributed by atoms with Crippen molar-refractivity contribution < 1.29 is 19.8 Å². The lowest BCUT2D eigenvalue weighted by atomic mass is 10.1. The largest absolute Gasteiger partial charge is 0.480 e. The van der Waals surface area contributed by atoms with Gasteiger partial charge in [-0.1, -0.05) is 0 Å². The van der Waals surface area contributed by atoms with Gasteiger partial charge in [-0.3, -0.25) is 9.48 Å². The number of carboxylic acids is 1. The van der Waals surface area contributed by atoms with Crippen LogP contribution in [0.3, 0.4) is 0 Å². The summed E-state index contributed by atoms with van der Waals surface area (Å²) in [7, 11) is 0. The predicted molar refractivity (Wildman–Crippen MR) is 65.7 cm³/mol. The minimum atomic E-state index is -1.00. The van der Waals surface area contributed by atoms with E-state index in [4.69, 9.17) is 5.11 Å². The van der Waals surface area contributed by atoms with Crippen molar-refractivity contribution in [2.45, 2.75) is 25.5 Å². The molecule has 2 heterocycles. The minimum Gasteiger partial charge on any atom is -0.480 e. The molecular weight excluding hydrogens is 252 g/mol. The second-order valence-corrected chi connectivity index (χ2v) is 4.92. The number of urea groups is 1. The third-order valence-electron chi connectivity index (χ3n) is 2.92. The van der Waals surface area contributed by atoms with E-state index in [-0.39, 0.29) is 19.1 Å². The molecule has 0 aromatic carbocycles. The van der Waals surface area contributed by atoms with E-state index >= 15 is 0 Å². The number of rotatable bonds is 3. The number of nitrogens with one attached hydrogen (secondary N) is 1. The van der Waals surface area contributed by atoms with Crippen LogP contribution < -0.4 is 5.32 Å². The number of carboxylic acid groups (broad SMARTS) is 1. The summed E-state index contributed by atoms with van der Waals surface area (Å²) in [4.78, 5) is 23.9. The average molecular weight is 268 g/mol. The topological polar surface area (TPSA) is 108 Å². The molecule has 8 nitrogen and oxygen atoms in total. The molecule has 1 aliphatic rings. The van der Waals surface area contributed by atoms with Crippen molar-refractivity contribution in [3.63, 3.8) is 0 Å². The van der Waals surface area contributed by atoms with E-state index in [2.05, 4.69) is 10.4 Å².